The fourth-order valence-corrected chi connectivity index (χ4v) is 2.66. The quantitative estimate of drug-likeness (QED) is 0.765. The lowest BCUT2D eigenvalue weighted by Gasteiger charge is -2.09. The molecular weight excluding hydrogens is 308 g/mol. The van der Waals surface area contributed by atoms with E-state index in [0.29, 0.717) is 23.3 Å². The van der Waals surface area contributed by atoms with E-state index in [1.807, 2.05) is 0 Å². The first-order valence-corrected chi connectivity index (χ1v) is 7.26. The number of ether oxygens (including phenoxy) is 1. The van der Waals surface area contributed by atoms with E-state index < -0.39 is 10.0 Å². The van der Waals surface area contributed by atoms with Gasteiger partial charge in [-0.3, -0.25) is 0 Å². The number of likely N-dealkylation sites (N-methyl/N-ethyl adjacent to an activating group) is 1. The second-order valence-corrected chi connectivity index (χ2v) is 5.92. The van der Waals surface area contributed by atoms with Crippen LogP contribution in [-0.2, 0) is 10.0 Å². The predicted molar refractivity (Wildman–Crippen MR) is 69.8 cm³/mol. The van der Waals surface area contributed by atoms with E-state index in [-0.39, 0.29) is 4.90 Å². The largest absolute Gasteiger partial charge is 0.496 e. The highest BCUT2D eigenvalue weighted by Gasteiger charge is 2.15. The highest BCUT2D eigenvalue weighted by atomic mass is 79.9. The summed E-state index contributed by atoms with van der Waals surface area (Å²) in [6, 6.07) is 4.64. The Morgan fingerprint density at radius 1 is 1.35 bits per heavy atom. The van der Waals surface area contributed by atoms with Gasteiger partial charge < -0.3 is 10.1 Å². The lowest BCUT2D eigenvalue weighted by molar-refractivity contribution is 0.410. The first-order chi connectivity index (χ1) is 8.01. The molecule has 0 radical (unpaired) electrons. The maximum Gasteiger partial charge on any atom is 0.240 e. The summed E-state index contributed by atoms with van der Waals surface area (Å²) in [7, 11) is -0.221. The maximum atomic E-state index is 11.9. The molecule has 0 bridgehead atoms. The first-order valence-electron chi connectivity index (χ1n) is 4.99. The number of sulfonamides is 1. The van der Waals surface area contributed by atoms with E-state index in [9.17, 15) is 8.42 Å². The van der Waals surface area contributed by atoms with E-state index in [1.165, 1.54) is 19.2 Å². The molecule has 0 unspecified atom stereocenters. The van der Waals surface area contributed by atoms with Crippen LogP contribution >= 0.6 is 15.9 Å². The zero-order valence-electron chi connectivity index (χ0n) is 9.66. The molecule has 0 aliphatic heterocycles. The van der Waals surface area contributed by atoms with Gasteiger partial charge in [-0.1, -0.05) is 0 Å². The van der Waals surface area contributed by atoms with Gasteiger partial charge in [0.25, 0.3) is 0 Å². The predicted octanol–water partition coefficient (Wildman–Crippen LogP) is 0.955. The van der Waals surface area contributed by atoms with Crippen LogP contribution in [0.1, 0.15) is 0 Å². The van der Waals surface area contributed by atoms with Crippen LogP contribution in [-0.4, -0.2) is 35.7 Å². The lowest BCUT2D eigenvalue weighted by Crippen LogP contribution is -2.30. The van der Waals surface area contributed by atoms with Crippen LogP contribution < -0.4 is 14.8 Å². The summed E-state index contributed by atoms with van der Waals surface area (Å²) in [5.41, 5.74) is 0. The minimum absolute atomic E-state index is 0.189. The standard InChI is InChI=1S/C10H15BrN2O3S/c1-12-5-6-13-17(14,15)8-3-4-9(11)10(7-8)16-2/h3-4,7,12-13H,5-6H2,1-2H3. The fraction of sp³-hybridized carbons (Fsp3) is 0.400. The van der Waals surface area contributed by atoms with Crippen molar-refractivity contribution < 1.29 is 13.2 Å². The highest BCUT2D eigenvalue weighted by molar-refractivity contribution is 9.10. The summed E-state index contributed by atoms with van der Waals surface area (Å²) in [6.07, 6.45) is 0. The summed E-state index contributed by atoms with van der Waals surface area (Å²) < 4.78 is 32.0. The van der Waals surface area contributed by atoms with Crippen LogP contribution in [0.3, 0.4) is 0 Å². The third-order valence-electron chi connectivity index (χ3n) is 2.10. The van der Waals surface area contributed by atoms with Crippen LogP contribution in [0.15, 0.2) is 27.6 Å². The molecule has 0 saturated heterocycles. The number of rotatable bonds is 6. The Balaban J connectivity index is 2.91. The van der Waals surface area contributed by atoms with Crippen molar-refractivity contribution in [2.45, 2.75) is 4.90 Å². The molecule has 7 heteroatoms. The molecule has 1 aromatic rings. The Bertz CT molecular complexity index is 476. The number of nitrogens with one attached hydrogen (secondary N) is 2. The minimum Gasteiger partial charge on any atom is -0.496 e. The number of halogens is 1. The molecule has 0 fully saturated rings. The van der Waals surface area contributed by atoms with Gasteiger partial charge in [0.05, 0.1) is 16.5 Å². The van der Waals surface area contributed by atoms with Crippen molar-refractivity contribution >= 4 is 26.0 Å². The van der Waals surface area contributed by atoms with Gasteiger partial charge >= 0.3 is 0 Å². The SMILES string of the molecule is CNCCNS(=O)(=O)c1ccc(Br)c(OC)c1. The molecule has 5 nitrogen and oxygen atoms in total. The van der Waals surface area contributed by atoms with Crippen LogP contribution in [0, 0.1) is 0 Å². The molecule has 0 spiro atoms. The topological polar surface area (TPSA) is 67.4 Å². The van der Waals surface area contributed by atoms with E-state index in [0.717, 1.165) is 0 Å². The van der Waals surface area contributed by atoms with Gasteiger partial charge in [0.2, 0.25) is 10.0 Å². The van der Waals surface area contributed by atoms with Crippen molar-refractivity contribution in [1.29, 1.82) is 0 Å². The van der Waals surface area contributed by atoms with E-state index >= 15 is 0 Å². The number of methoxy groups -OCH3 is 1. The third-order valence-corrected chi connectivity index (χ3v) is 4.21. The van der Waals surface area contributed by atoms with E-state index in [4.69, 9.17) is 4.74 Å². The smallest absolute Gasteiger partial charge is 0.240 e. The van der Waals surface area contributed by atoms with Crippen molar-refractivity contribution in [2.24, 2.45) is 0 Å². The van der Waals surface area contributed by atoms with Crippen molar-refractivity contribution in [3.8, 4) is 5.75 Å². The molecule has 0 aliphatic rings. The average Bonchev–Trinajstić information content (AvgIpc) is 2.29. The fourth-order valence-electron chi connectivity index (χ4n) is 1.20. The van der Waals surface area contributed by atoms with Gasteiger partial charge in [0, 0.05) is 19.2 Å². The van der Waals surface area contributed by atoms with Crippen molar-refractivity contribution in [3.63, 3.8) is 0 Å². The van der Waals surface area contributed by atoms with Crippen LogP contribution in [0.2, 0.25) is 0 Å². The Labute approximate surface area is 110 Å². The average molecular weight is 323 g/mol. The Kier molecular flexibility index (Phi) is 5.38. The monoisotopic (exact) mass is 322 g/mol. The summed E-state index contributed by atoms with van der Waals surface area (Å²) in [5.74, 6) is 0.487. The van der Waals surface area contributed by atoms with E-state index in [2.05, 4.69) is 26.0 Å². The molecule has 0 heterocycles. The van der Waals surface area contributed by atoms with Crippen molar-refractivity contribution in [3.05, 3.63) is 22.7 Å². The van der Waals surface area contributed by atoms with Crippen LogP contribution in [0.5, 0.6) is 5.75 Å². The molecule has 0 atom stereocenters. The molecule has 1 aromatic carbocycles. The molecule has 96 valence electrons. The summed E-state index contributed by atoms with van der Waals surface area (Å²) in [6.45, 7) is 0.921. The molecule has 1 rings (SSSR count). The zero-order valence-corrected chi connectivity index (χ0v) is 12.1. The van der Waals surface area contributed by atoms with Gasteiger partial charge in [-0.25, -0.2) is 13.1 Å². The molecular formula is C10H15BrN2O3S. The number of benzene rings is 1. The number of hydrogen-bond donors (Lipinski definition) is 2. The second kappa shape index (κ2) is 6.34. The third kappa shape index (κ3) is 3.95. The van der Waals surface area contributed by atoms with Gasteiger partial charge in [0.15, 0.2) is 0 Å². The van der Waals surface area contributed by atoms with Gasteiger partial charge in [0.1, 0.15) is 5.75 Å². The summed E-state index contributed by atoms with van der Waals surface area (Å²) in [4.78, 5) is 0.189. The molecule has 0 amide bonds. The second-order valence-electron chi connectivity index (χ2n) is 3.30. The highest BCUT2D eigenvalue weighted by Crippen LogP contribution is 2.27. The normalized spacial score (nSPS) is 11.5. The Morgan fingerprint density at radius 3 is 2.65 bits per heavy atom. The van der Waals surface area contributed by atoms with Gasteiger partial charge in [-0.15, -0.1) is 0 Å². The van der Waals surface area contributed by atoms with Gasteiger partial charge in [-0.05, 0) is 35.1 Å². The first kappa shape index (κ1) is 14.4. The lowest BCUT2D eigenvalue weighted by atomic mass is 10.3. The Morgan fingerprint density at radius 2 is 2.06 bits per heavy atom. The zero-order chi connectivity index (χ0) is 12.9. The number of hydrogen-bond acceptors (Lipinski definition) is 4. The summed E-state index contributed by atoms with van der Waals surface area (Å²) >= 11 is 3.27. The van der Waals surface area contributed by atoms with Crippen LogP contribution in [0.25, 0.3) is 0 Å². The van der Waals surface area contributed by atoms with Crippen LogP contribution in [0.4, 0.5) is 0 Å². The molecule has 0 aromatic heterocycles. The maximum absolute atomic E-state index is 11.9. The summed E-state index contributed by atoms with van der Waals surface area (Å²) in [5, 5.41) is 2.86. The van der Waals surface area contributed by atoms with Crippen molar-refractivity contribution in [2.75, 3.05) is 27.2 Å². The molecule has 17 heavy (non-hydrogen) atoms. The van der Waals surface area contributed by atoms with E-state index in [1.54, 1.807) is 13.1 Å². The molecule has 0 aliphatic carbocycles. The van der Waals surface area contributed by atoms with Gasteiger partial charge in [-0.2, -0.15) is 0 Å². The minimum atomic E-state index is -3.47. The molecule has 2 N–H and O–H groups in total. The molecule has 0 saturated carbocycles. The Hall–Kier alpha value is -0.630. The van der Waals surface area contributed by atoms with Crippen molar-refractivity contribution in [1.82, 2.24) is 10.0 Å².